The Hall–Kier alpha value is -0.163. The molecule has 0 N–H and O–H groups in total. The highest BCUT2D eigenvalue weighted by Gasteiger charge is 2.39. The van der Waals surface area contributed by atoms with Crippen LogP contribution in [0.3, 0.4) is 0 Å². The third kappa shape index (κ3) is 8.58. The van der Waals surface area contributed by atoms with Crippen LogP contribution in [-0.4, -0.2) is 28.6 Å². The first-order valence-electron chi connectivity index (χ1n) is 7.68. The average molecular weight is 289 g/mol. The van der Waals surface area contributed by atoms with E-state index in [1.54, 1.807) is 0 Å². The summed E-state index contributed by atoms with van der Waals surface area (Å²) >= 11 is 0. The van der Waals surface area contributed by atoms with Crippen molar-refractivity contribution in [3.63, 3.8) is 0 Å². The maximum Gasteiger partial charge on any atom is 0.500 e. The summed E-state index contributed by atoms with van der Waals surface area (Å²) in [5, 5.41) is 0. The fraction of sp³-hybridized carbons (Fsp3) is 0.867. The van der Waals surface area contributed by atoms with E-state index in [0.717, 1.165) is 12.5 Å². The highest BCUT2D eigenvalue weighted by atomic mass is 28.4. The molecule has 0 saturated heterocycles. The fourth-order valence-electron chi connectivity index (χ4n) is 2.23. The van der Waals surface area contributed by atoms with Crippen LogP contribution >= 0.6 is 0 Å². The van der Waals surface area contributed by atoms with Gasteiger partial charge < -0.3 is 13.3 Å². The zero-order valence-corrected chi connectivity index (χ0v) is 14.4. The first kappa shape index (κ1) is 18.8. The van der Waals surface area contributed by atoms with E-state index in [4.69, 9.17) is 13.3 Å². The summed E-state index contributed by atoms with van der Waals surface area (Å²) in [5.41, 5.74) is 0. The molecular formula is C15H32O3Si. The van der Waals surface area contributed by atoms with E-state index < -0.39 is 8.80 Å². The second-order valence-electron chi connectivity index (χ2n) is 4.73. The number of allylic oxidation sites excluding steroid dienone is 2. The Morgan fingerprint density at radius 2 is 1.47 bits per heavy atom. The maximum absolute atomic E-state index is 5.85. The van der Waals surface area contributed by atoms with Gasteiger partial charge in [-0.05, 0) is 46.5 Å². The quantitative estimate of drug-likeness (QED) is 0.302. The molecule has 3 nitrogen and oxygen atoms in total. The number of hydrogen-bond acceptors (Lipinski definition) is 3. The van der Waals surface area contributed by atoms with Gasteiger partial charge in [0.2, 0.25) is 0 Å². The average Bonchev–Trinajstić information content (AvgIpc) is 2.36. The van der Waals surface area contributed by atoms with Gasteiger partial charge in [-0.25, -0.2) is 0 Å². The lowest BCUT2D eigenvalue weighted by Gasteiger charge is -2.28. The van der Waals surface area contributed by atoms with E-state index in [1.807, 2.05) is 20.8 Å². The lowest BCUT2D eigenvalue weighted by molar-refractivity contribution is 0.0706. The van der Waals surface area contributed by atoms with Crippen LogP contribution in [0, 0.1) is 5.92 Å². The van der Waals surface area contributed by atoms with E-state index >= 15 is 0 Å². The summed E-state index contributed by atoms with van der Waals surface area (Å²) < 4.78 is 17.5. The molecule has 0 aromatic rings. The minimum absolute atomic E-state index is 0.660. The molecule has 0 aliphatic rings. The molecule has 1 unspecified atom stereocenters. The molecule has 0 spiro atoms. The minimum Gasteiger partial charge on any atom is -0.374 e. The van der Waals surface area contributed by atoms with Crippen LogP contribution in [-0.2, 0) is 13.3 Å². The molecule has 0 radical (unpaired) electrons. The standard InChI is InChI=1S/C15H32O3Si/c1-6-12-15(5)13-10-11-14-19(16-7-2,17-8-3)18-9-4/h6,12,15H,7-11,13-14H2,1-5H3/b12-6+. The zero-order chi connectivity index (χ0) is 14.6. The molecule has 0 amide bonds. The van der Waals surface area contributed by atoms with Crippen molar-refractivity contribution in [3.05, 3.63) is 12.2 Å². The number of hydrogen-bond donors (Lipinski definition) is 0. The SMILES string of the molecule is C/C=C/C(C)CCCC[Si](OCC)(OCC)OCC. The Morgan fingerprint density at radius 3 is 1.89 bits per heavy atom. The second-order valence-corrected chi connectivity index (χ2v) is 7.46. The van der Waals surface area contributed by atoms with Gasteiger partial charge in [0.15, 0.2) is 0 Å². The van der Waals surface area contributed by atoms with Crippen molar-refractivity contribution in [2.75, 3.05) is 19.8 Å². The first-order chi connectivity index (χ1) is 9.14. The van der Waals surface area contributed by atoms with Crippen molar-refractivity contribution in [2.24, 2.45) is 5.92 Å². The van der Waals surface area contributed by atoms with Gasteiger partial charge in [0, 0.05) is 25.9 Å². The molecule has 0 heterocycles. The van der Waals surface area contributed by atoms with Gasteiger partial charge in [0.1, 0.15) is 0 Å². The van der Waals surface area contributed by atoms with Crippen LogP contribution in [0.4, 0.5) is 0 Å². The third-order valence-electron chi connectivity index (χ3n) is 3.01. The van der Waals surface area contributed by atoms with E-state index in [1.165, 1.54) is 12.8 Å². The largest absolute Gasteiger partial charge is 0.500 e. The lowest BCUT2D eigenvalue weighted by Crippen LogP contribution is -2.45. The van der Waals surface area contributed by atoms with Crippen molar-refractivity contribution in [2.45, 2.75) is 59.9 Å². The van der Waals surface area contributed by atoms with E-state index in [-0.39, 0.29) is 0 Å². The summed E-state index contributed by atoms with van der Waals surface area (Å²) in [4.78, 5) is 0. The van der Waals surface area contributed by atoms with Crippen LogP contribution in [0.1, 0.15) is 53.9 Å². The highest BCUT2D eigenvalue weighted by Crippen LogP contribution is 2.21. The smallest absolute Gasteiger partial charge is 0.374 e. The minimum atomic E-state index is -2.40. The normalized spacial score (nSPS) is 14.2. The molecule has 0 fully saturated rings. The van der Waals surface area contributed by atoms with Crippen molar-refractivity contribution in [1.82, 2.24) is 0 Å². The van der Waals surface area contributed by atoms with E-state index in [2.05, 4.69) is 26.0 Å². The molecule has 0 bridgehead atoms. The van der Waals surface area contributed by atoms with Crippen molar-refractivity contribution < 1.29 is 13.3 Å². The highest BCUT2D eigenvalue weighted by molar-refractivity contribution is 6.60. The summed E-state index contributed by atoms with van der Waals surface area (Å²) in [6, 6.07) is 0.936. The summed E-state index contributed by atoms with van der Waals surface area (Å²) in [5.74, 6) is 0.660. The van der Waals surface area contributed by atoms with Gasteiger partial charge in [0.05, 0.1) is 0 Å². The summed E-state index contributed by atoms with van der Waals surface area (Å²) in [6.07, 6.45) is 7.93. The number of rotatable bonds is 12. The Morgan fingerprint density at radius 1 is 0.947 bits per heavy atom. The molecule has 0 saturated carbocycles. The predicted octanol–water partition coefficient (Wildman–Crippen LogP) is 4.42. The van der Waals surface area contributed by atoms with Crippen LogP contribution in [0.15, 0.2) is 12.2 Å². The molecular weight excluding hydrogens is 256 g/mol. The third-order valence-corrected chi connectivity index (χ3v) is 6.16. The Kier molecular flexibility index (Phi) is 11.5. The van der Waals surface area contributed by atoms with Crippen molar-refractivity contribution >= 4 is 8.80 Å². The zero-order valence-electron chi connectivity index (χ0n) is 13.4. The monoisotopic (exact) mass is 288 g/mol. The molecule has 114 valence electrons. The molecule has 0 aromatic carbocycles. The second kappa shape index (κ2) is 11.6. The van der Waals surface area contributed by atoms with Gasteiger partial charge in [-0.3, -0.25) is 0 Å². The van der Waals surface area contributed by atoms with E-state index in [0.29, 0.717) is 25.7 Å². The summed E-state index contributed by atoms with van der Waals surface area (Å²) in [6.45, 7) is 12.4. The van der Waals surface area contributed by atoms with Gasteiger partial charge in [-0.2, -0.15) is 0 Å². The maximum atomic E-state index is 5.85. The summed E-state index contributed by atoms with van der Waals surface area (Å²) in [7, 11) is -2.40. The molecule has 0 aliphatic heterocycles. The Balaban J connectivity index is 4.16. The number of unbranched alkanes of at least 4 members (excludes halogenated alkanes) is 1. The van der Waals surface area contributed by atoms with Crippen LogP contribution < -0.4 is 0 Å². The predicted molar refractivity (Wildman–Crippen MR) is 83.3 cm³/mol. The van der Waals surface area contributed by atoms with Crippen molar-refractivity contribution in [3.8, 4) is 0 Å². The molecule has 0 aliphatic carbocycles. The van der Waals surface area contributed by atoms with Crippen LogP contribution in [0.5, 0.6) is 0 Å². The Bertz CT molecular complexity index is 214. The molecule has 1 atom stereocenters. The van der Waals surface area contributed by atoms with Gasteiger partial charge in [-0.1, -0.05) is 25.5 Å². The lowest BCUT2D eigenvalue weighted by atomic mass is 10.0. The molecule has 4 heteroatoms. The van der Waals surface area contributed by atoms with Gasteiger partial charge in [0.25, 0.3) is 0 Å². The van der Waals surface area contributed by atoms with Crippen molar-refractivity contribution in [1.29, 1.82) is 0 Å². The van der Waals surface area contributed by atoms with Crippen LogP contribution in [0.25, 0.3) is 0 Å². The molecule has 19 heavy (non-hydrogen) atoms. The fourth-order valence-corrected chi connectivity index (χ4v) is 4.92. The van der Waals surface area contributed by atoms with Gasteiger partial charge in [-0.15, -0.1) is 0 Å². The molecule has 0 rings (SSSR count). The topological polar surface area (TPSA) is 27.7 Å². The van der Waals surface area contributed by atoms with Gasteiger partial charge >= 0.3 is 8.80 Å². The first-order valence-corrected chi connectivity index (χ1v) is 9.61. The van der Waals surface area contributed by atoms with Crippen LogP contribution in [0.2, 0.25) is 6.04 Å². The van der Waals surface area contributed by atoms with E-state index in [9.17, 15) is 0 Å². The Labute approximate surface area is 120 Å². The molecule has 0 aromatic heterocycles.